The smallest absolute Gasteiger partial charge is 0.352 e. The lowest BCUT2D eigenvalue weighted by atomic mass is 10.1. The summed E-state index contributed by atoms with van der Waals surface area (Å²) in [5, 5.41) is 4.50. The molecule has 0 radical (unpaired) electrons. The van der Waals surface area contributed by atoms with Crippen LogP contribution in [0.15, 0.2) is 59.7 Å². The van der Waals surface area contributed by atoms with Crippen molar-refractivity contribution in [3.8, 4) is 0 Å². The number of carbonyl (C=O) groups excluding carboxylic acids is 4. The summed E-state index contributed by atoms with van der Waals surface area (Å²) in [6.07, 6.45) is 4.53. The van der Waals surface area contributed by atoms with E-state index in [1.165, 1.54) is 17.4 Å². The van der Waals surface area contributed by atoms with Crippen LogP contribution in [0, 0.1) is 0 Å². The van der Waals surface area contributed by atoms with Gasteiger partial charge in [0, 0.05) is 64.1 Å². The van der Waals surface area contributed by atoms with E-state index < -0.39 is 11.7 Å². The van der Waals surface area contributed by atoms with Gasteiger partial charge in [-0.15, -0.1) is 4.70 Å². The van der Waals surface area contributed by atoms with Crippen LogP contribution < -0.4 is 0 Å². The van der Waals surface area contributed by atoms with Gasteiger partial charge in [-0.05, 0) is 30.2 Å². The highest BCUT2D eigenvalue weighted by molar-refractivity contribution is 6.44. The maximum atomic E-state index is 13.3. The number of fused-ring (bicyclic) bond motifs is 1. The Morgan fingerprint density at radius 2 is 1.49 bits per heavy atom. The maximum absolute atomic E-state index is 13.3. The van der Waals surface area contributed by atoms with Gasteiger partial charge >= 0.3 is 5.82 Å². The van der Waals surface area contributed by atoms with Crippen LogP contribution in [0.4, 0.5) is 5.82 Å². The average Bonchev–Trinajstić information content (AvgIpc) is 3.69. The summed E-state index contributed by atoms with van der Waals surface area (Å²) < 4.78 is 1.59. The quantitative estimate of drug-likeness (QED) is 0.280. The van der Waals surface area contributed by atoms with Crippen LogP contribution in [-0.4, -0.2) is 129 Å². The molecule has 3 aromatic rings. The lowest BCUT2D eigenvalue weighted by molar-refractivity contribution is -0.495. The van der Waals surface area contributed by atoms with Crippen molar-refractivity contribution in [3.63, 3.8) is 0 Å². The first-order valence-corrected chi connectivity index (χ1v) is 13.6. The molecule has 2 fully saturated rings. The zero-order valence-electron chi connectivity index (χ0n) is 22.7. The van der Waals surface area contributed by atoms with Crippen LogP contribution in [0.3, 0.4) is 0 Å². The standard InChI is InChI=1S/C28H29N9O4/c1-33-9-11-35(12-10-33)27(40)21-7-8-37(32-21)25-23-22(30-18-31-25)20(17-29-23)24(38)28(41)36-15-13-34(14-16-36)26(39)19-5-3-2-4-6-19/h2-7,17-18H,8-16H2,1H3/p+1. The predicted molar refractivity (Wildman–Crippen MR) is 147 cm³/mol. The Morgan fingerprint density at radius 3 is 2.22 bits per heavy atom. The number of amides is 3. The summed E-state index contributed by atoms with van der Waals surface area (Å²) in [6, 6.07) is 8.98. The van der Waals surface area contributed by atoms with Crippen molar-refractivity contribution in [1.82, 2.24) is 34.6 Å². The Balaban J connectivity index is 1.14. The number of H-pyrrole nitrogens is 1. The van der Waals surface area contributed by atoms with E-state index in [-0.39, 0.29) is 30.5 Å². The van der Waals surface area contributed by atoms with E-state index in [4.69, 9.17) is 0 Å². The topological polar surface area (TPSA) is 138 Å². The molecule has 3 aliphatic heterocycles. The second kappa shape index (κ2) is 11.0. The van der Waals surface area contributed by atoms with Gasteiger partial charge in [0.15, 0.2) is 11.2 Å². The van der Waals surface area contributed by atoms with E-state index >= 15 is 0 Å². The van der Waals surface area contributed by atoms with Gasteiger partial charge in [0.25, 0.3) is 23.5 Å². The minimum absolute atomic E-state index is 0.0971. The maximum Gasteiger partial charge on any atom is 0.371 e. The second-order valence-electron chi connectivity index (χ2n) is 10.3. The molecule has 0 unspecified atom stereocenters. The van der Waals surface area contributed by atoms with Crippen molar-refractivity contribution < 1.29 is 23.9 Å². The van der Waals surface area contributed by atoms with E-state index in [0.29, 0.717) is 60.8 Å². The summed E-state index contributed by atoms with van der Waals surface area (Å²) in [5.74, 6) is -1.15. The number of azo groups is 2. The van der Waals surface area contributed by atoms with Gasteiger partial charge in [-0.3, -0.25) is 19.2 Å². The fourth-order valence-electron chi connectivity index (χ4n) is 5.25. The molecule has 2 aromatic heterocycles. The van der Waals surface area contributed by atoms with Gasteiger partial charge in [0.2, 0.25) is 6.33 Å². The number of carbonyl (C=O) groups is 4. The molecule has 3 aliphatic rings. The number of ketones is 1. The summed E-state index contributed by atoms with van der Waals surface area (Å²) in [5.41, 5.74) is 1.84. The zero-order valence-corrected chi connectivity index (χ0v) is 22.7. The fourth-order valence-corrected chi connectivity index (χ4v) is 5.25. The van der Waals surface area contributed by atoms with Crippen LogP contribution in [-0.2, 0) is 9.59 Å². The predicted octanol–water partition coefficient (Wildman–Crippen LogP) is 0.893. The lowest BCUT2D eigenvalue weighted by Crippen LogP contribution is -2.52. The monoisotopic (exact) mass is 556 g/mol. The van der Waals surface area contributed by atoms with Crippen LogP contribution in [0.1, 0.15) is 20.7 Å². The third-order valence-electron chi connectivity index (χ3n) is 7.70. The normalized spacial score (nSPS) is 17.9. The van der Waals surface area contributed by atoms with Crippen LogP contribution >= 0.6 is 0 Å². The molecule has 13 heteroatoms. The van der Waals surface area contributed by atoms with E-state index in [9.17, 15) is 19.2 Å². The molecule has 5 heterocycles. The summed E-state index contributed by atoms with van der Waals surface area (Å²) >= 11 is 0. The fraction of sp³-hybridized carbons (Fsp3) is 0.357. The number of rotatable bonds is 5. The molecule has 13 nitrogen and oxygen atoms in total. The number of nitrogens with zero attached hydrogens (tertiary/aromatic N) is 8. The molecule has 0 bridgehead atoms. The Hall–Kier alpha value is -4.78. The SMILES string of the molecule is CN1CCN(C(=O)C2=CC[N+](c3ncnc4c(C(=O)C(=O)N5CCN(C(=O)c6ccccc6)CC5)c[nH]c34)=N2)CC1. The number of likely N-dealkylation sites (N-methyl/N-ethyl adjacent to an activating group) is 1. The lowest BCUT2D eigenvalue weighted by Gasteiger charge is -2.34. The number of piperazine rings is 2. The number of aromatic amines is 1. The summed E-state index contributed by atoms with van der Waals surface area (Å²) in [7, 11) is 2.03. The number of hydrogen-bond donors (Lipinski definition) is 1. The molecule has 6 rings (SSSR count). The zero-order chi connectivity index (χ0) is 28.5. The van der Waals surface area contributed by atoms with Crippen molar-refractivity contribution in [2.45, 2.75) is 0 Å². The molecule has 1 aromatic carbocycles. The van der Waals surface area contributed by atoms with E-state index in [1.807, 2.05) is 25.2 Å². The first-order chi connectivity index (χ1) is 19.9. The molecule has 0 aliphatic carbocycles. The van der Waals surface area contributed by atoms with Crippen molar-refractivity contribution in [2.75, 3.05) is 66.0 Å². The molecule has 3 amide bonds. The van der Waals surface area contributed by atoms with E-state index in [1.54, 1.807) is 32.7 Å². The largest absolute Gasteiger partial charge is 0.371 e. The van der Waals surface area contributed by atoms with Gasteiger partial charge in [0.05, 0.1) is 5.56 Å². The molecule has 2 saturated heterocycles. The molecule has 0 spiro atoms. The average molecular weight is 557 g/mol. The number of nitrogens with one attached hydrogen (secondary N) is 1. The highest BCUT2D eigenvalue weighted by Crippen LogP contribution is 2.27. The summed E-state index contributed by atoms with van der Waals surface area (Å²) in [6.45, 7) is 4.46. The Bertz CT molecular complexity index is 1580. The third kappa shape index (κ3) is 5.11. The van der Waals surface area contributed by atoms with Gasteiger partial charge in [-0.1, -0.05) is 23.3 Å². The highest BCUT2D eigenvalue weighted by Gasteiger charge is 2.33. The van der Waals surface area contributed by atoms with Crippen molar-refractivity contribution >= 4 is 40.4 Å². The Labute approximate surface area is 235 Å². The number of hydrogen-bond acceptors (Lipinski definition) is 8. The highest BCUT2D eigenvalue weighted by atomic mass is 16.2. The molecular formula is C28H30N9O4+. The number of Topliss-reactive ketones (excluding diaryl/α,β-unsaturated/α-hetero) is 1. The molecule has 0 atom stereocenters. The van der Waals surface area contributed by atoms with E-state index in [0.717, 1.165) is 13.1 Å². The van der Waals surface area contributed by atoms with Gasteiger partial charge in [-0.25, -0.2) is 4.98 Å². The number of aromatic nitrogens is 3. The minimum Gasteiger partial charge on any atom is -0.352 e. The van der Waals surface area contributed by atoms with Crippen LogP contribution in [0.25, 0.3) is 11.0 Å². The van der Waals surface area contributed by atoms with Crippen molar-refractivity contribution in [3.05, 3.63) is 65.8 Å². The molecule has 210 valence electrons. The van der Waals surface area contributed by atoms with Gasteiger partial charge < -0.3 is 24.6 Å². The molecular weight excluding hydrogens is 526 g/mol. The van der Waals surface area contributed by atoms with Gasteiger partial charge in [-0.2, -0.15) is 0 Å². The second-order valence-corrected chi connectivity index (χ2v) is 10.3. The van der Waals surface area contributed by atoms with Crippen LogP contribution in [0.2, 0.25) is 0 Å². The number of benzene rings is 1. The third-order valence-corrected chi connectivity index (χ3v) is 7.70. The van der Waals surface area contributed by atoms with Crippen LogP contribution in [0.5, 0.6) is 0 Å². The van der Waals surface area contributed by atoms with Crippen molar-refractivity contribution in [2.24, 2.45) is 5.11 Å². The summed E-state index contributed by atoms with van der Waals surface area (Å²) in [4.78, 5) is 70.9. The molecule has 0 saturated carbocycles. The molecule has 41 heavy (non-hydrogen) atoms. The first-order valence-electron chi connectivity index (χ1n) is 13.6. The Morgan fingerprint density at radius 1 is 0.829 bits per heavy atom. The Kier molecular flexibility index (Phi) is 7.10. The molecule has 1 N–H and O–H groups in total. The first kappa shape index (κ1) is 26.4. The van der Waals surface area contributed by atoms with Crippen molar-refractivity contribution in [1.29, 1.82) is 0 Å². The van der Waals surface area contributed by atoms with Gasteiger partial charge in [0.1, 0.15) is 12.1 Å². The van der Waals surface area contributed by atoms with E-state index in [2.05, 4.69) is 25.0 Å². The minimum atomic E-state index is -0.689.